The van der Waals surface area contributed by atoms with E-state index in [-0.39, 0.29) is 6.10 Å². The molecule has 4 aromatic heterocycles. The van der Waals surface area contributed by atoms with Gasteiger partial charge in [-0.3, -0.25) is 0 Å². The fourth-order valence-electron chi connectivity index (χ4n) is 4.16. The van der Waals surface area contributed by atoms with E-state index in [0.717, 1.165) is 42.2 Å². The third-order valence-electron chi connectivity index (χ3n) is 6.04. The van der Waals surface area contributed by atoms with Crippen LogP contribution in [0.3, 0.4) is 0 Å². The van der Waals surface area contributed by atoms with E-state index in [1.165, 1.54) is 12.7 Å². The molecule has 0 amide bonds. The molecular formula is C24H23N9O2. The molecule has 0 spiro atoms. The van der Waals surface area contributed by atoms with Crippen LogP contribution in [0, 0.1) is 6.92 Å². The first-order chi connectivity index (χ1) is 17.2. The Labute approximate surface area is 200 Å². The number of nitrogens with one attached hydrogen (secondary N) is 1. The molecule has 176 valence electrons. The summed E-state index contributed by atoms with van der Waals surface area (Å²) in [6.45, 7) is 3.61. The second kappa shape index (κ2) is 8.76. The number of aryl methyl sites for hydroxylation is 1. The lowest BCUT2D eigenvalue weighted by molar-refractivity contribution is 0.121. The average Bonchev–Trinajstić information content (AvgIpc) is 3.55. The SMILES string of the molecule is COC1CCN(c2ncc3ncnc(Nc4ccc(Oc5ccn6ncnc6c5)c(C)c4)c3n2)C1. The van der Waals surface area contributed by atoms with Gasteiger partial charge < -0.3 is 19.7 Å². The Hall–Kier alpha value is -4.38. The predicted octanol–water partition coefficient (Wildman–Crippen LogP) is 3.53. The number of nitrogens with zero attached hydrogens (tertiary/aromatic N) is 8. The van der Waals surface area contributed by atoms with Crippen LogP contribution in [0.2, 0.25) is 0 Å². The van der Waals surface area contributed by atoms with Gasteiger partial charge in [0.25, 0.3) is 0 Å². The minimum absolute atomic E-state index is 0.195. The number of hydrogen-bond acceptors (Lipinski definition) is 10. The van der Waals surface area contributed by atoms with Crippen molar-refractivity contribution in [3.63, 3.8) is 0 Å². The number of fused-ring (bicyclic) bond motifs is 2. The zero-order valence-electron chi connectivity index (χ0n) is 19.3. The van der Waals surface area contributed by atoms with Crippen molar-refractivity contribution in [3.8, 4) is 11.5 Å². The lowest BCUT2D eigenvalue weighted by atomic mass is 10.2. The number of hydrogen-bond donors (Lipinski definition) is 1. The molecule has 0 bridgehead atoms. The molecule has 11 nitrogen and oxygen atoms in total. The molecule has 1 aliphatic rings. The van der Waals surface area contributed by atoms with Crippen molar-refractivity contribution in [1.29, 1.82) is 0 Å². The lowest BCUT2D eigenvalue weighted by Gasteiger charge is -2.17. The van der Waals surface area contributed by atoms with E-state index in [2.05, 4.69) is 35.3 Å². The van der Waals surface area contributed by atoms with Crippen molar-refractivity contribution in [3.05, 3.63) is 60.9 Å². The number of aromatic nitrogens is 7. The smallest absolute Gasteiger partial charge is 0.226 e. The summed E-state index contributed by atoms with van der Waals surface area (Å²) in [6, 6.07) is 9.57. The molecule has 1 aliphatic heterocycles. The van der Waals surface area contributed by atoms with E-state index in [1.54, 1.807) is 17.8 Å². The second-order valence-corrected chi connectivity index (χ2v) is 8.35. The van der Waals surface area contributed by atoms with Crippen LogP contribution in [-0.2, 0) is 4.74 Å². The molecule has 0 radical (unpaired) electrons. The van der Waals surface area contributed by atoms with Crippen LogP contribution in [0.5, 0.6) is 11.5 Å². The zero-order chi connectivity index (χ0) is 23.8. The highest BCUT2D eigenvalue weighted by molar-refractivity contribution is 5.87. The molecule has 35 heavy (non-hydrogen) atoms. The summed E-state index contributed by atoms with van der Waals surface area (Å²) in [7, 11) is 1.74. The van der Waals surface area contributed by atoms with Gasteiger partial charge in [-0.2, -0.15) is 5.10 Å². The Kier molecular flexibility index (Phi) is 5.30. The van der Waals surface area contributed by atoms with Gasteiger partial charge in [-0.05, 0) is 43.2 Å². The van der Waals surface area contributed by atoms with E-state index >= 15 is 0 Å². The van der Waals surface area contributed by atoms with Gasteiger partial charge in [-0.1, -0.05) is 0 Å². The number of rotatable bonds is 6. The Morgan fingerprint density at radius 2 is 2.00 bits per heavy atom. The topological polar surface area (TPSA) is 115 Å². The first-order valence-electron chi connectivity index (χ1n) is 11.3. The maximum Gasteiger partial charge on any atom is 0.226 e. The quantitative estimate of drug-likeness (QED) is 0.396. The fourth-order valence-corrected chi connectivity index (χ4v) is 4.16. The summed E-state index contributed by atoms with van der Waals surface area (Å²) in [5.74, 6) is 2.71. The Morgan fingerprint density at radius 3 is 2.86 bits per heavy atom. The summed E-state index contributed by atoms with van der Waals surface area (Å²) in [5.41, 5.74) is 3.89. The summed E-state index contributed by atoms with van der Waals surface area (Å²) < 4.78 is 13.2. The van der Waals surface area contributed by atoms with Crippen LogP contribution in [0.15, 0.2) is 55.4 Å². The molecule has 11 heteroatoms. The van der Waals surface area contributed by atoms with Crippen molar-refractivity contribution in [2.24, 2.45) is 0 Å². The number of ether oxygens (including phenoxy) is 2. The number of pyridine rings is 1. The fraction of sp³-hybridized carbons (Fsp3) is 0.250. The van der Waals surface area contributed by atoms with Gasteiger partial charge in [0.2, 0.25) is 5.95 Å². The van der Waals surface area contributed by atoms with Crippen LogP contribution in [-0.4, -0.2) is 60.8 Å². The molecule has 0 aliphatic carbocycles. The van der Waals surface area contributed by atoms with Crippen LogP contribution < -0.4 is 15.0 Å². The van der Waals surface area contributed by atoms with E-state index < -0.39 is 0 Å². The van der Waals surface area contributed by atoms with E-state index in [9.17, 15) is 0 Å². The van der Waals surface area contributed by atoms with Gasteiger partial charge in [0.1, 0.15) is 35.2 Å². The van der Waals surface area contributed by atoms with Gasteiger partial charge in [-0.15, -0.1) is 0 Å². The molecule has 5 heterocycles. The molecule has 1 fully saturated rings. The maximum atomic E-state index is 6.08. The Morgan fingerprint density at radius 1 is 1.06 bits per heavy atom. The summed E-state index contributed by atoms with van der Waals surface area (Å²) in [5, 5.41) is 7.48. The molecule has 1 unspecified atom stereocenters. The zero-order valence-corrected chi connectivity index (χ0v) is 19.3. The van der Waals surface area contributed by atoms with E-state index in [4.69, 9.17) is 14.5 Å². The van der Waals surface area contributed by atoms with Crippen molar-refractivity contribution < 1.29 is 9.47 Å². The normalized spacial score (nSPS) is 15.7. The van der Waals surface area contributed by atoms with Gasteiger partial charge in [0.15, 0.2) is 11.5 Å². The standard InChI is InChI=1S/C24H23N9O2/c1-15-9-16(3-4-20(15)35-17-6-8-33-21(10-17)27-14-29-33)30-23-22-19(26-13-28-23)11-25-24(31-22)32-7-5-18(12-32)34-2/h3-4,6,8-11,13-14,18H,5,7,12H2,1-2H3,(H,26,28,30). The second-order valence-electron chi connectivity index (χ2n) is 8.35. The molecule has 1 atom stereocenters. The highest BCUT2D eigenvalue weighted by atomic mass is 16.5. The molecule has 5 aromatic rings. The summed E-state index contributed by atoms with van der Waals surface area (Å²) in [4.78, 5) is 24.4. The lowest BCUT2D eigenvalue weighted by Crippen LogP contribution is -2.24. The number of methoxy groups -OCH3 is 1. The van der Waals surface area contributed by atoms with Gasteiger partial charge >= 0.3 is 0 Å². The molecule has 1 aromatic carbocycles. The molecule has 1 N–H and O–H groups in total. The predicted molar refractivity (Wildman–Crippen MR) is 130 cm³/mol. The van der Waals surface area contributed by atoms with Crippen LogP contribution >= 0.6 is 0 Å². The first kappa shape index (κ1) is 21.2. The van der Waals surface area contributed by atoms with Crippen LogP contribution in [0.1, 0.15) is 12.0 Å². The summed E-state index contributed by atoms with van der Waals surface area (Å²) in [6.07, 6.45) is 7.72. The molecular weight excluding hydrogens is 446 g/mol. The molecule has 6 rings (SSSR count). The van der Waals surface area contributed by atoms with Crippen LogP contribution in [0.25, 0.3) is 16.7 Å². The number of anilines is 3. The average molecular weight is 470 g/mol. The first-order valence-corrected chi connectivity index (χ1v) is 11.3. The highest BCUT2D eigenvalue weighted by Crippen LogP contribution is 2.30. The minimum atomic E-state index is 0.195. The maximum absolute atomic E-state index is 6.08. The Balaban J connectivity index is 1.24. The van der Waals surface area contributed by atoms with Crippen molar-refractivity contribution in [1.82, 2.24) is 34.5 Å². The third kappa shape index (κ3) is 4.17. The third-order valence-corrected chi connectivity index (χ3v) is 6.04. The minimum Gasteiger partial charge on any atom is -0.457 e. The molecule has 0 saturated carbocycles. The molecule has 1 saturated heterocycles. The van der Waals surface area contributed by atoms with E-state index in [0.29, 0.717) is 28.5 Å². The largest absolute Gasteiger partial charge is 0.457 e. The van der Waals surface area contributed by atoms with E-state index in [1.807, 2.05) is 43.5 Å². The number of benzene rings is 1. The van der Waals surface area contributed by atoms with Gasteiger partial charge in [-0.25, -0.2) is 29.4 Å². The van der Waals surface area contributed by atoms with Crippen molar-refractivity contribution in [2.75, 3.05) is 30.4 Å². The van der Waals surface area contributed by atoms with Crippen LogP contribution in [0.4, 0.5) is 17.5 Å². The van der Waals surface area contributed by atoms with Crippen molar-refractivity contribution in [2.45, 2.75) is 19.4 Å². The highest BCUT2D eigenvalue weighted by Gasteiger charge is 2.24. The Bertz CT molecular complexity index is 1520. The van der Waals surface area contributed by atoms with Gasteiger partial charge in [0.05, 0.1) is 12.3 Å². The summed E-state index contributed by atoms with van der Waals surface area (Å²) >= 11 is 0. The monoisotopic (exact) mass is 469 g/mol. The van der Waals surface area contributed by atoms with Gasteiger partial charge in [0, 0.05) is 38.1 Å². The van der Waals surface area contributed by atoms with Crippen molar-refractivity contribution >= 4 is 34.1 Å².